The van der Waals surface area contributed by atoms with Crippen LogP contribution in [-0.2, 0) is 21.4 Å². The molecule has 0 aromatic heterocycles. The van der Waals surface area contributed by atoms with Crippen LogP contribution >= 0.6 is 0 Å². The molecule has 0 spiro atoms. The van der Waals surface area contributed by atoms with E-state index in [4.69, 9.17) is 0 Å². The van der Waals surface area contributed by atoms with Crippen molar-refractivity contribution in [3.8, 4) is 0 Å². The van der Waals surface area contributed by atoms with Gasteiger partial charge in [0.2, 0.25) is 15.9 Å². The predicted octanol–water partition coefficient (Wildman–Crippen LogP) is 0.770. The molecule has 0 aliphatic carbocycles. The molecule has 1 amide bonds. The summed E-state index contributed by atoms with van der Waals surface area (Å²) >= 11 is 0. The van der Waals surface area contributed by atoms with Gasteiger partial charge in [-0.3, -0.25) is 4.79 Å². The highest BCUT2D eigenvalue weighted by molar-refractivity contribution is 7.89. The van der Waals surface area contributed by atoms with Crippen LogP contribution in [0.25, 0.3) is 0 Å². The third-order valence-corrected chi connectivity index (χ3v) is 5.28. The molecule has 1 aromatic rings. The second-order valence-electron chi connectivity index (χ2n) is 4.99. The van der Waals surface area contributed by atoms with E-state index < -0.39 is 10.0 Å². The molecule has 1 aromatic carbocycles. The first-order valence-corrected chi connectivity index (χ1v) is 8.70. The Morgan fingerprint density at radius 2 is 2.10 bits per heavy atom. The Morgan fingerprint density at radius 1 is 1.33 bits per heavy atom. The third kappa shape index (κ3) is 4.26. The second kappa shape index (κ2) is 7.02. The minimum absolute atomic E-state index is 0.113. The van der Waals surface area contributed by atoms with Gasteiger partial charge >= 0.3 is 0 Å². The molecular formula is C14H21N3O3S. The van der Waals surface area contributed by atoms with E-state index in [-0.39, 0.29) is 18.2 Å². The number of nitrogens with one attached hydrogen (secondary N) is 2. The number of carbonyl (C=O) groups excluding carboxylic acids is 1. The molecule has 0 bridgehead atoms. The minimum Gasteiger partial charge on any atom is -0.325 e. The number of anilines is 1. The van der Waals surface area contributed by atoms with Crippen LogP contribution in [0, 0.1) is 0 Å². The molecular weight excluding hydrogens is 290 g/mol. The van der Waals surface area contributed by atoms with E-state index in [1.165, 1.54) is 4.31 Å². The summed E-state index contributed by atoms with van der Waals surface area (Å²) < 4.78 is 24.6. The van der Waals surface area contributed by atoms with Gasteiger partial charge in [-0.2, -0.15) is 4.31 Å². The number of amides is 1. The summed E-state index contributed by atoms with van der Waals surface area (Å²) in [4.78, 5) is 12.0. The predicted molar refractivity (Wildman–Crippen MR) is 82.4 cm³/mol. The third-order valence-electron chi connectivity index (χ3n) is 3.38. The van der Waals surface area contributed by atoms with Crippen molar-refractivity contribution >= 4 is 21.6 Å². The van der Waals surface area contributed by atoms with Gasteiger partial charge in [0.05, 0.1) is 12.3 Å². The Morgan fingerprint density at radius 3 is 2.76 bits per heavy atom. The maximum atomic E-state index is 12.0. The van der Waals surface area contributed by atoms with Gasteiger partial charge in [-0.25, -0.2) is 8.42 Å². The van der Waals surface area contributed by atoms with Gasteiger partial charge < -0.3 is 10.6 Å². The number of benzene rings is 1. The van der Waals surface area contributed by atoms with Crippen LogP contribution in [0.2, 0.25) is 0 Å². The molecule has 0 radical (unpaired) electrons. The summed E-state index contributed by atoms with van der Waals surface area (Å²) in [5, 5.41) is 6.01. The average molecular weight is 311 g/mol. The zero-order valence-electron chi connectivity index (χ0n) is 12.1. The van der Waals surface area contributed by atoms with Crippen LogP contribution in [0.1, 0.15) is 18.9 Å². The number of rotatable bonds is 6. The van der Waals surface area contributed by atoms with Crippen molar-refractivity contribution in [2.24, 2.45) is 0 Å². The lowest BCUT2D eigenvalue weighted by Crippen LogP contribution is -2.34. The highest BCUT2D eigenvalue weighted by Gasteiger charge is 2.29. The highest BCUT2D eigenvalue weighted by Crippen LogP contribution is 2.16. The fraction of sp³-hybridized carbons (Fsp3) is 0.500. The first kappa shape index (κ1) is 15.9. The summed E-state index contributed by atoms with van der Waals surface area (Å²) in [6.07, 6.45) is 0.590. The van der Waals surface area contributed by atoms with Gasteiger partial charge in [-0.1, -0.05) is 25.1 Å². The molecule has 21 heavy (non-hydrogen) atoms. The molecule has 1 heterocycles. The van der Waals surface area contributed by atoms with Crippen LogP contribution in [0.4, 0.5) is 5.69 Å². The smallest absolute Gasteiger partial charge is 0.239 e. The first-order valence-electron chi connectivity index (χ1n) is 7.09. The summed E-state index contributed by atoms with van der Waals surface area (Å²) in [6, 6.07) is 7.51. The van der Waals surface area contributed by atoms with Crippen molar-refractivity contribution in [1.82, 2.24) is 9.62 Å². The van der Waals surface area contributed by atoms with Gasteiger partial charge in [0, 0.05) is 18.8 Å². The average Bonchev–Trinajstić information content (AvgIpc) is 2.77. The topological polar surface area (TPSA) is 78.5 Å². The molecule has 0 atom stereocenters. The quantitative estimate of drug-likeness (QED) is 0.813. The van der Waals surface area contributed by atoms with Crippen LogP contribution in [0.3, 0.4) is 0 Å². The summed E-state index contributed by atoms with van der Waals surface area (Å²) in [7, 11) is -3.24. The van der Waals surface area contributed by atoms with Gasteiger partial charge in [0.1, 0.15) is 0 Å². The minimum atomic E-state index is -3.24. The molecule has 0 unspecified atom stereocenters. The SMILES string of the molecule is CCNCc1ccccc1NC(=O)CN1CCCS1(=O)=O. The number of sulfonamides is 1. The van der Waals surface area contributed by atoms with E-state index in [0.29, 0.717) is 19.5 Å². The van der Waals surface area contributed by atoms with Crippen molar-refractivity contribution in [3.63, 3.8) is 0 Å². The van der Waals surface area contributed by atoms with E-state index in [9.17, 15) is 13.2 Å². The fourth-order valence-corrected chi connectivity index (χ4v) is 3.75. The van der Waals surface area contributed by atoms with Gasteiger partial charge in [-0.05, 0) is 24.6 Å². The molecule has 1 fully saturated rings. The number of para-hydroxylation sites is 1. The summed E-state index contributed by atoms with van der Waals surface area (Å²) in [5.74, 6) is -0.165. The lowest BCUT2D eigenvalue weighted by atomic mass is 10.1. The number of nitrogens with zero attached hydrogens (tertiary/aromatic N) is 1. The Kier molecular flexibility index (Phi) is 5.33. The van der Waals surface area contributed by atoms with E-state index >= 15 is 0 Å². The molecule has 6 nitrogen and oxygen atoms in total. The zero-order chi connectivity index (χ0) is 15.3. The molecule has 1 saturated heterocycles. The van der Waals surface area contributed by atoms with Crippen LogP contribution in [0.15, 0.2) is 24.3 Å². The Hall–Kier alpha value is -1.44. The molecule has 116 valence electrons. The molecule has 2 N–H and O–H groups in total. The molecule has 0 saturated carbocycles. The van der Waals surface area contributed by atoms with Gasteiger partial charge in [-0.15, -0.1) is 0 Å². The number of carbonyl (C=O) groups is 1. The largest absolute Gasteiger partial charge is 0.325 e. The van der Waals surface area contributed by atoms with Gasteiger partial charge in [0.25, 0.3) is 0 Å². The first-order chi connectivity index (χ1) is 10.0. The van der Waals surface area contributed by atoms with E-state index in [2.05, 4.69) is 10.6 Å². The van der Waals surface area contributed by atoms with E-state index in [0.717, 1.165) is 17.8 Å². The zero-order valence-corrected chi connectivity index (χ0v) is 12.9. The monoisotopic (exact) mass is 311 g/mol. The fourth-order valence-electron chi connectivity index (χ4n) is 2.27. The number of hydrogen-bond donors (Lipinski definition) is 2. The number of hydrogen-bond acceptors (Lipinski definition) is 4. The van der Waals surface area contributed by atoms with Crippen LogP contribution < -0.4 is 10.6 Å². The van der Waals surface area contributed by atoms with Crippen LogP contribution in [-0.4, -0.2) is 44.0 Å². The molecule has 7 heteroatoms. The second-order valence-corrected chi connectivity index (χ2v) is 7.08. The molecule has 1 aliphatic heterocycles. The molecule has 2 rings (SSSR count). The van der Waals surface area contributed by atoms with Crippen molar-refractivity contribution in [2.45, 2.75) is 19.9 Å². The Balaban J connectivity index is 1.99. The van der Waals surface area contributed by atoms with Crippen molar-refractivity contribution in [3.05, 3.63) is 29.8 Å². The molecule has 1 aliphatic rings. The maximum Gasteiger partial charge on any atom is 0.239 e. The summed E-state index contributed by atoms with van der Waals surface area (Å²) in [5.41, 5.74) is 1.71. The lowest BCUT2D eigenvalue weighted by Gasteiger charge is -2.15. The maximum absolute atomic E-state index is 12.0. The van der Waals surface area contributed by atoms with E-state index in [1.807, 2.05) is 31.2 Å². The highest BCUT2D eigenvalue weighted by atomic mass is 32.2. The van der Waals surface area contributed by atoms with Crippen LogP contribution in [0.5, 0.6) is 0 Å². The Bertz CT molecular complexity index is 601. The van der Waals surface area contributed by atoms with Crippen molar-refractivity contribution in [1.29, 1.82) is 0 Å². The van der Waals surface area contributed by atoms with Gasteiger partial charge in [0.15, 0.2) is 0 Å². The summed E-state index contributed by atoms with van der Waals surface area (Å²) in [6.45, 7) is 3.83. The normalized spacial score (nSPS) is 17.8. The van der Waals surface area contributed by atoms with E-state index in [1.54, 1.807) is 0 Å². The van der Waals surface area contributed by atoms with Crippen molar-refractivity contribution < 1.29 is 13.2 Å². The standard InChI is InChI=1S/C14H21N3O3S/c1-2-15-10-12-6-3-4-7-13(12)16-14(18)11-17-8-5-9-21(17,19)20/h3-4,6-7,15H,2,5,8-11H2,1H3,(H,16,18). The lowest BCUT2D eigenvalue weighted by molar-refractivity contribution is -0.116. The van der Waals surface area contributed by atoms with Crippen molar-refractivity contribution in [2.75, 3.05) is 30.7 Å². The Labute approximate surface area is 125 Å².